The molecule has 0 aliphatic heterocycles. The minimum atomic E-state index is -0.0989. The van der Waals surface area contributed by atoms with Crippen LogP contribution < -0.4 is 11.1 Å². The van der Waals surface area contributed by atoms with E-state index in [1.165, 1.54) is 25.7 Å². The third-order valence-electron chi connectivity index (χ3n) is 5.05. The van der Waals surface area contributed by atoms with E-state index in [0.29, 0.717) is 12.1 Å². The van der Waals surface area contributed by atoms with Gasteiger partial charge in [-0.2, -0.15) is 0 Å². The highest BCUT2D eigenvalue weighted by Gasteiger charge is 2.42. The van der Waals surface area contributed by atoms with Crippen molar-refractivity contribution in [2.75, 3.05) is 0 Å². The first-order valence-electron chi connectivity index (χ1n) is 6.79. The molecule has 0 heterocycles. The van der Waals surface area contributed by atoms with Gasteiger partial charge in [-0.25, -0.2) is 0 Å². The summed E-state index contributed by atoms with van der Waals surface area (Å²) in [4.78, 5) is 11.3. The standard InChI is InChI=1S/C13H22N2O/c14-13(16)10-2-1-3-11(10)15-12-7-8-4-5-9(12)6-8/h8-12,15H,1-7H2,(H2,14,16). The van der Waals surface area contributed by atoms with Crippen LogP contribution in [0.2, 0.25) is 0 Å². The summed E-state index contributed by atoms with van der Waals surface area (Å²) in [6.07, 6.45) is 8.89. The second-order valence-corrected chi connectivity index (χ2v) is 5.99. The quantitative estimate of drug-likeness (QED) is 0.758. The van der Waals surface area contributed by atoms with Crippen molar-refractivity contribution in [2.45, 2.75) is 57.0 Å². The lowest BCUT2D eigenvalue weighted by molar-refractivity contribution is -0.122. The number of amides is 1. The summed E-state index contributed by atoms with van der Waals surface area (Å²) in [5.74, 6) is 1.85. The third kappa shape index (κ3) is 1.75. The topological polar surface area (TPSA) is 55.1 Å². The molecule has 3 N–H and O–H groups in total. The van der Waals surface area contributed by atoms with Crippen molar-refractivity contribution in [2.24, 2.45) is 23.5 Å². The maximum atomic E-state index is 11.3. The Labute approximate surface area is 97.2 Å². The molecule has 3 rings (SSSR count). The number of nitrogens with two attached hydrogens (primary N) is 1. The molecule has 0 radical (unpaired) electrons. The van der Waals surface area contributed by atoms with Gasteiger partial charge >= 0.3 is 0 Å². The fourth-order valence-electron chi connectivity index (χ4n) is 4.22. The van der Waals surface area contributed by atoms with E-state index >= 15 is 0 Å². The lowest BCUT2D eigenvalue weighted by atomic mass is 9.93. The van der Waals surface area contributed by atoms with E-state index in [4.69, 9.17) is 5.73 Å². The zero-order chi connectivity index (χ0) is 11.1. The van der Waals surface area contributed by atoms with Crippen molar-refractivity contribution in [3.63, 3.8) is 0 Å². The van der Waals surface area contributed by atoms with E-state index in [1.807, 2.05) is 0 Å². The smallest absolute Gasteiger partial charge is 0.222 e. The Bertz CT molecular complexity index is 292. The molecule has 3 heteroatoms. The molecule has 0 aromatic heterocycles. The number of nitrogens with one attached hydrogen (secondary N) is 1. The van der Waals surface area contributed by atoms with Gasteiger partial charge in [0.1, 0.15) is 0 Å². The molecule has 3 saturated carbocycles. The van der Waals surface area contributed by atoms with E-state index in [0.717, 1.165) is 31.1 Å². The van der Waals surface area contributed by atoms with Gasteiger partial charge in [0.15, 0.2) is 0 Å². The minimum Gasteiger partial charge on any atom is -0.369 e. The molecule has 1 amide bonds. The second kappa shape index (κ2) is 4.02. The largest absolute Gasteiger partial charge is 0.369 e. The lowest BCUT2D eigenvalue weighted by Gasteiger charge is -2.28. The van der Waals surface area contributed by atoms with Crippen molar-refractivity contribution in [1.82, 2.24) is 5.32 Å². The maximum absolute atomic E-state index is 11.3. The van der Waals surface area contributed by atoms with E-state index in [9.17, 15) is 4.79 Å². The molecule has 3 nitrogen and oxygen atoms in total. The van der Waals surface area contributed by atoms with E-state index in [-0.39, 0.29) is 11.8 Å². The monoisotopic (exact) mass is 222 g/mol. The van der Waals surface area contributed by atoms with Gasteiger partial charge in [-0.1, -0.05) is 12.8 Å². The summed E-state index contributed by atoms with van der Waals surface area (Å²) >= 11 is 0. The SMILES string of the molecule is NC(=O)C1CCCC1NC1CC2CCC1C2. The summed E-state index contributed by atoms with van der Waals surface area (Å²) in [6, 6.07) is 1.06. The first-order valence-corrected chi connectivity index (χ1v) is 6.79. The van der Waals surface area contributed by atoms with Gasteiger partial charge in [-0.15, -0.1) is 0 Å². The molecular formula is C13H22N2O. The van der Waals surface area contributed by atoms with Gasteiger partial charge in [0.05, 0.1) is 5.92 Å². The number of hydrogen-bond acceptors (Lipinski definition) is 2. The highest BCUT2D eigenvalue weighted by atomic mass is 16.1. The van der Waals surface area contributed by atoms with Crippen molar-refractivity contribution >= 4 is 5.91 Å². The Morgan fingerprint density at radius 2 is 1.94 bits per heavy atom. The molecule has 0 spiro atoms. The normalized spacial score (nSPS) is 46.4. The zero-order valence-electron chi connectivity index (χ0n) is 9.82. The highest BCUT2D eigenvalue weighted by Crippen LogP contribution is 2.45. The predicted octanol–water partition coefficient (Wildman–Crippen LogP) is 1.42. The molecule has 3 fully saturated rings. The maximum Gasteiger partial charge on any atom is 0.222 e. The Balaban J connectivity index is 1.60. The molecule has 2 bridgehead atoms. The predicted molar refractivity (Wildman–Crippen MR) is 62.7 cm³/mol. The molecule has 0 aromatic rings. The molecule has 0 saturated heterocycles. The van der Waals surface area contributed by atoms with E-state index in [1.54, 1.807) is 0 Å². The van der Waals surface area contributed by atoms with Gasteiger partial charge in [0, 0.05) is 12.1 Å². The fraction of sp³-hybridized carbons (Fsp3) is 0.923. The summed E-state index contributed by atoms with van der Waals surface area (Å²) < 4.78 is 0. The number of rotatable bonds is 3. The number of carbonyl (C=O) groups is 1. The van der Waals surface area contributed by atoms with Crippen LogP contribution in [-0.4, -0.2) is 18.0 Å². The molecular weight excluding hydrogens is 200 g/mol. The molecule has 16 heavy (non-hydrogen) atoms. The first kappa shape index (κ1) is 10.6. The Morgan fingerprint density at radius 3 is 2.56 bits per heavy atom. The van der Waals surface area contributed by atoms with Crippen LogP contribution in [0.25, 0.3) is 0 Å². The lowest BCUT2D eigenvalue weighted by Crippen LogP contribution is -2.46. The Hall–Kier alpha value is -0.570. The van der Waals surface area contributed by atoms with Crippen molar-refractivity contribution in [3.8, 4) is 0 Å². The zero-order valence-corrected chi connectivity index (χ0v) is 9.82. The van der Waals surface area contributed by atoms with Gasteiger partial charge in [0.25, 0.3) is 0 Å². The molecule has 3 aliphatic rings. The van der Waals surface area contributed by atoms with Gasteiger partial charge in [-0.05, 0) is 43.9 Å². The number of primary amides is 1. The van der Waals surface area contributed by atoms with E-state index < -0.39 is 0 Å². The summed E-state index contributed by atoms with van der Waals surface area (Å²) in [5, 5.41) is 3.74. The van der Waals surface area contributed by atoms with Gasteiger partial charge in [-0.3, -0.25) is 4.79 Å². The van der Waals surface area contributed by atoms with Crippen LogP contribution in [-0.2, 0) is 4.79 Å². The number of carbonyl (C=O) groups excluding carboxylic acids is 1. The van der Waals surface area contributed by atoms with Crippen LogP contribution in [0.4, 0.5) is 0 Å². The van der Waals surface area contributed by atoms with Crippen molar-refractivity contribution in [3.05, 3.63) is 0 Å². The Kier molecular flexibility index (Phi) is 2.66. The Morgan fingerprint density at radius 1 is 1.06 bits per heavy atom. The van der Waals surface area contributed by atoms with E-state index in [2.05, 4.69) is 5.32 Å². The van der Waals surface area contributed by atoms with Crippen molar-refractivity contribution in [1.29, 1.82) is 0 Å². The molecule has 0 aromatic carbocycles. The number of fused-ring (bicyclic) bond motifs is 2. The van der Waals surface area contributed by atoms with Gasteiger partial charge < -0.3 is 11.1 Å². The number of hydrogen-bond donors (Lipinski definition) is 2. The van der Waals surface area contributed by atoms with Crippen molar-refractivity contribution < 1.29 is 4.79 Å². The first-order chi connectivity index (χ1) is 7.74. The average Bonchev–Trinajstić information content (AvgIpc) is 2.91. The van der Waals surface area contributed by atoms with Crippen LogP contribution in [0.15, 0.2) is 0 Å². The van der Waals surface area contributed by atoms with Crippen LogP contribution in [0.1, 0.15) is 44.9 Å². The second-order valence-electron chi connectivity index (χ2n) is 5.99. The third-order valence-corrected chi connectivity index (χ3v) is 5.05. The summed E-state index contributed by atoms with van der Waals surface area (Å²) in [6.45, 7) is 0. The summed E-state index contributed by atoms with van der Waals surface area (Å²) in [7, 11) is 0. The molecule has 3 aliphatic carbocycles. The average molecular weight is 222 g/mol. The molecule has 5 unspecified atom stereocenters. The highest BCUT2D eigenvalue weighted by molar-refractivity contribution is 5.77. The van der Waals surface area contributed by atoms with Crippen LogP contribution in [0.5, 0.6) is 0 Å². The fourth-order valence-corrected chi connectivity index (χ4v) is 4.22. The summed E-state index contributed by atoms with van der Waals surface area (Å²) in [5.41, 5.74) is 5.46. The van der Waals surface area contributed by atoms with Gasteiger partial charge in [0.2, 0.25) is 5.91 Å². The minimum absolute atomic E-state index is 0.0964. The van der Waals surface area contributed by atoms with Crippen LogP contribution in [0, 0.1) is 17.8 Å². The molecule has 5 atom stereocenters. The van der Waals surface area contributed by atoms with Crippen LogP contribution in [0.3, 0.4) is 0 Å². The van der Waals surface area contributed by atoms with Crippen LogP contribution >= 0.6 is 0 Å². The molecule has 90 valence electrons.